The van der Waals surface area contributed by atoms with Gasteiger partial charge in [-0.05, 0) is 50.1 Å². The molecule has 3 aromatic carbocycles. The van der Waals surface area contributed by atoms with Gasteiger partial charge in [0, 0.05) is 46.6 Å². The SMILES string of the molecule is CCn1c(C)c(C(=O)c2c(Cl)c(Cl)c(Cl)c(Cl)c2C(=O)O)c2ccccc21.Cc1c(-c2ccccc2)cn2ccccc12. The van der Waals surface area contributed by atoms with Crippen molar-refractivity contribution in [2.75, 3.05) is 0 Å². The van der Waals surface area contributed by atoms with E-state index in [9.17, 15) is 14.7 Å². The number of nitrogens with zero attached hydrogens (tertiary/aromatic N) is 2. The van der Waals surface area contributed by atoms with Crippen LogP contribution < -0.4 is 0 Å². The summed E-state index contributed by atoms with van der Waals surface area (Å²) in [6.07, 6.45) is 4.29. The maximum atomic E-state index is 13.5. The smallest absolute Gasteiger partial charge is 0.338 e. The Hall–Kier alpha value is -3.74. The van der Waals surface area contributed by atoms with Gasteiger partial charge in [0.1, 0.15) is 0 Å². The first-order valence-corrected chi connectivity index (χ1v) is 14.9. The van der Waals surface area contributed by atoms with Gasteiger partial charge in [0.15, 0.2) is 5.78 Å². The van der Waals surface area contributed by atoms with Gasteiger partial charge in [0.2, 0.25) is 0 Å². The average molecular weight is 652 g/mol. The number of para-hydroxylation sites is 1. The van der Waals surface area contributed by atoms with Crippen LogP contribution in [-0.4, -0.2) is 25.8 Å². The molecular weight excluding hydrogens is 626 g/mol. The lowest BCUT2D eigenvalue weighted by Gasteiger charge is -2.13. The summed E-state index contributed by atoms with van der Waals surface area (Å²) in [7, 11) is 0. The topological polar surface area (TPSA) is 63.7 Å². The molecule has 0 bridgehead atoms. The molecule has 0 saturated carbocycles. The molecule has 0 radical (unpaired) electrons. The highest BCUT2D eigenvalue weighted by atomic mass is 35.5. The molecule has 1 N–H and O–H groups in total. The fraction of sp³-hybridized carbons (Fsp3) is 0.118. The Morgan fingerprint density at radius 2 is 1.30 bits per heavy atom. The molecule has 0 fully saturated rings. The van der Waals surface area contributed by atoms with Crippen molar-refractivity contribution in [3.63, 3.8) is 0 Å². The van der Waals surface area contributed by atoms with Crippen LogP contribution in [0.3, 0.4) is 0 Å². The summed E-state index contributed by atoms with van der Waals surface area (Å²) < 4.78 is 4.15. The molecule has 0 unspecified atom stereocenters. The number of benzene rings is 3. The largest absolute Gasteiger partial charge is 0.478 e. The van der Waals surface area contributed by atoms with E-state index in [2.05, 4.69) is 72.2 Å². The highest BCUT2D eigenvalue weighted by Crippen LogP contribution is 2.43. The second-order valence-electron chi connectivity index (χ2n) is 9.89. The molecule has 3 heterocycles. The number of fused-ring (bicyclic) bond motifs is 2. The summed E-state index contributed by atoms with van der Waals surface area (Å²) in [5.74, 6) is -1.99. The number of carbonyl (C=O) groups is 2. The van der Waals surface area contributed by atoms with Gasteiger partial charge >= 0.3 is 5.97 Å². The quantitative estimate of drug-likeness (QED) is 0.115. The molecule has 43 heavy (non-hydrogen) atoms. The van der Waals surface area contributed by atoms with Crippen molar-refractivity contribution >= 4 is 74.6 Å². The Morgan fingerprint density at radius 3 is 1.93 bits per heavy atom. The van der Waals surface area contributed by atoms with Crippen LogP contribution in [0.15, 0.2) is 85.2 Å². The van der Waals surface area contributed by atoms with Gasteiger partial charge in [0.25, 0.3) is 0 Å². The van der Waals surface area contributed by atoms with E-state index < -0.39 is 17.3 Å². The fourth-order valence-electron chi connectivity index (χ4n) is 5.47. The van der Waals surface area contributed by atoms with E-state index in [1.165, 1.54) is 22.2 Å². The zero-order valence-corrected chi connectivity index (χ0v) is 26.5. The van der Waals surface area contributed by atoms with Gasteiger partial charge in [0.05, 0.1) is 36.8 Å². The molecule has 9 heteroatoms. The number of aromatic nitrogens is 2. The van der Waals surface area contributed by atoms with Crippen molar-refractivity contribution in [3.05, 3.63) is 133 Å². The van der Waals surface area contributed by atoms with E-state index in [0.717, 1.165) is 5.52 Å². The number of ketones is 1. The Balaban J connectivity index is 0.000000194. The summed E-state index contributed by atoms with van der Waals surface area (Å²) in [4.78, 5) is 25.3. The summed E-state index contributed by atoms with van der Waals surface area (Å²) in [5, 5.41) is 9.39. The van der Waals surface area contributed by atoms with E-state index in [4.69, 9.17) is 46.4 Å². The highest BCUT2D eigenvalue weighted by Gasteiger charge is 2.31. The number of aromatic carboxylic acids is 1. The molecule has 0 aliphatic carbocycles. The lowest BCUT2D eigenvalue weighted by Crippen LogP contribution is -2.13. The van der Waals surface area contributed by atoms with E-state index in [-0.39, 0.29) is 25.7 Å². The summed E-state index contributed by atoms with van der Waals surface area (Å²) in [6.45, 7) is 6.57. The van der Waals surface area contributed by atoms with Crippen LogP contribution in [-0.2, 0) is 6.54 Å². The van der Waals surface area contributed by atoms with Gasteiger partial charge in [-0.2, -0.15) is 0 Å². The Bertz CT molecular complexity index is 2030. The van der Waals surface area contributed by atoms with Crippen LogP contribution in [0, 0.1) is 13.8 Å². The van der Waals surface area contributed by atoms with E-state index >= 15 is 0 Å². The molecule has 0 spiro atoms. The summed E-state index contributed by atoms with van der Waals surface area (Å²) in [5.41, 5.74) is 6.38. The van der Waals surface area contributed by atoms with Gasteiger partial charge in [-0.15, -0.1) is 0 Å². The molecule has 6 rings (SSSR count). The van der Waals surface area contributed by atoms with Crippen molar-refractivity contribution < 1.29 is 14.7 Å². The van der Waals surface area contributed by atoms with E-state index in [0.29, 0.717) is 23.2 Å². The first kappa shape index (κ1) is 30.7. The number of carboxylic acid groups (broad SMARTS) is 1. The first-order valence-electron chi connectivity index (χ1n) is 13.4. The van der Waals surface area contributed by atoms with Crippen molar-refractivity contribution in [3.8, 4) is 11.1 Å². The Kier molecular flexibility index (Phi) is 8.91. The molecule has 6 aromatic rings. The molecule has 218 valence electrons. The number of hydrogen-bond acceptors (Lipinski definition) is 2. The maximum absolute atomic E-state index is 13.5. The van der Waals surface area contributed by atoms with Crippen LogP contribution in [0.25, 0.3) is 27.5 Å². The van der Waals surface area contributed by atoms with Crippen LogP contribution in [0.2, 0.25) is 20.1 Å². The molecule has 5 nitrogen and oxygen atoms in total. The third-order valence-corrected chi connectivity index (χ3v) is 9.32. The van der Waals surface area contributed by atoms with Crippen LogP contribution >= 0.6 is 46.4 Å². The number of rotatable bonds is 5. The van der Waals surface area contributed by atoms with Crippen LogP contribution in [0.5, 0.6) is 0 Å². The Morgan fingerprint density at radius 1 is 0.721 bits per heavy atom. The minimum absolute atomic E-state index is 0.159. The number of halogens is 4. The maximum Gasteiger partial charge on any atom is 0.338 e. The monoisotopic (exact) mass is 650 g/mol. The molecule has 0 amide bonds. The lowest BCUT2D eigenvalue weighted by molar-refractivity contribution is 0.0693. The fourth-order valence-corrected chi connectivity index (χ4v) is 6.48. The number of pyridine rings is 1. The van der Waals surface area contributed by atoms with Gasteiger partial charge < -0.3 is 14.1 Å². The normalized spacial score (nSPS) is 11.0. The molecule has 0 atom stereocenters. The molecule has 0 aliphatic heterocycles. The van der Waals surface area contributed by atoms with Crippen molar-refractivity contribution in [2.24, 2.45) is 0 Å². The highest BCUT2D eigenvalue weighted by molar-refractivity contribution is 6.54. The molecule has 0 saturated heterocycles. The third-order valence-electron chi connectivity index (χ3n) is 7.51. The zero-order valence-electron chi connectivity index (χ0n) is 23.5. The van der Waals surface area contributed by atoms with Crippen molar-refractivity contribution in [2.45, 2.75) is 27.3 Å². The van der Waals surface area contributed by atoms with Gasteiger partial charge in [-0.3, -0.25) is 4.79 Å². The summed E-state index contributed by atoms with van der Waals surface area (Å²) in [6, 6.07) is 24.2. The van der Waals surface area contributed by atoms with E-state index in [1.807, 2.05) is 23.6 Å². The van der Waals surface area contributed by atoms with Gasteiger partial charge in [-0.1, -0.05) is 101 Å². The van der Waals surface area contributed by atoms with Crippen LogP contribution in [0.1, 0.15) is 44.5 Å². The number of hydrogen-bond donors (Lipinski definition) is 1. The first-order chi connectivity index (χ1) is 20.6. The van der Waals surface area contributed by atoms with Gasteiger partial charge in [-0.25, -0.2) is 4.79 Å². The zero-order chi connectivity index (χ0) is 31.0. The minimum atomic E-state index is -1.42. The number of aryl methyl sites for hydroxylation is 2. The number of carbonyl (C=O) groups excluding carboxylic acids is 1. The Labute approximate surface area is 268 Å². The predicted molar refractivity (Wildman–Crippen MR) is 177 cm³/mol. The second kappa shape index (κ2) is 12.5. The van der Waals surface area contributed by atoms with E-state index in [1.54, 1.807) is 19.1 Å². The second-order valence-corrected chi connectivity index (χ2v) is 11.4. The standard InChI is InChI=1S/C19H13Cl4NO3.C15H13N/c1-3-24-8(2)11(9-6-4-5-7-10(9)24)18(25)12-13(19(26)27)15(21)17(23)16(22)14(12)20;1-12-14(13-7-3-2-4-8-13)11-16-10-6-5-9-15(12)16/h4-7H,3H2,1-2H3,(H,26,27);2-11H,1H3. The summed E-state index contributed by atoms with van der Waals surface area (Å²) >= 11 is 24.4. The minimum Gasteiger partial charge on any atom is -0.478 e. The third kappa shape index (κ3) is 5.43. The number of carboxylic acids is 1. The molecule has 0 aliphatic rings. The van der Waals surface area contributed by atoms with Crippen molar-refractivity contribution in [1.29, 1.82) is 0 Å². The molecule has 3 aromatic heterocycles. The molecular formula is C34H26Cl4N2O3. The van der Waals surface area contributed by atoms with Crippen LogP contribution in [0.4, 0.5) is 0 Å². The van der Waals surface area contributed by atoms with Crippen molar-refractivity contribution in [1.82, 2.24) is 8.97 Å². The predicted octanol–water partition coefficient (Wildman–Crippen LogP) is 10.4. The average Bonchev–Trinajstić information content (AvgIpc) is 3.50. The lowest BCUT2D eigenvalue weighted by atomic mass is 9.96.